The van der Waals surface area contributed by atoms with Gasteiger partial charge in [0.15, 0.2) is 0 Å². The summed E-state index contributed by atoms with van der Waals surface area (Å²) >= 11 is 0. The van der Waals surface area contributed by atoms with Crippen molar-refractivity contribution in [2.24, 2.45) is 11.1 Å². The van der Waals surface area contributed by atoms with Crippen LogP contribution in [0.1, 0.15) is 32.6 Å². The van der Waals surface area contributed by atoms with Crippen molar-refractivity contribution < 1.29 is 13.2 Å². The van der Waals surface area contributed by atoms with Crippen LogP contribution in [0.5, 0.6) is 0 Å². The second-order valence-electron chi connectivity index (χ2n) is 5.92. The molecule has 1 amide bonds. The highest BCUT2D eigenvalue weighted by Crippen LogP contribution is 2.23. The van der Waals surface area contributed by atoms with E-state index in [1.54, 1.807) is 4.90 Å². The Kier molecular flexibility index (Phi) is 5.04. The minimum absolute atomic E-state index is 0.0487. The van der Waals surface area contributed by atoms with Crippen LogP contribution in [-0.4, -0.2) is 62.1 Å². The molecule has 0 spiro atoms. The third kappa shape index (κ3) is 3.93. The molecule has 0 saturated carbocycles. The number of hydrogen-bond donors (Lipinski definition) is 1. The molecule has 1 unspecified atom stereocenters. The summed E-state index contributed by atoms with van der Waals surface area (Å²) < 4.78 is 22.6. The number of sulfonamides is 1. The van der Waals surface area contributed by atoms with Gasteiger partial charge in [0, 0.05) is 19.5 Å². The first-order valence-electron chi connectivity index (χ1n) is 7.42. The highest BCUT2D eigenvalue weighted by molar-refractivity contribution is 7.89. The largest absolute Gasteiger partial charge is 0.341 e. The lowest BCUT2D eigenvalue weighted by Gasteiger charge is -2.31. The standard InChI is InChI=1S/C13H25N3O3S/c1-2-15-6-3-11(4-7-15)5-8-16-10-12(9-13(16)17)20(14,18)19/h11-12H,2-10H2,1H3,(H2,14,18,19). The Morgan fingerprint density at radius 2 is 1.95 bits per heavy atom. The van der Waals surface area contributed by atoms with Gasteiger partial charge in [-0.2, -0.15) is 0 Å². The van der Waals surface area contributed by atoms with Crippen molar-refractivity contribution in [3.05, 3.63) is 0 Å². The zero-order valence-corrected chi connectivity index (χ0v) is 12.9. The summed E-state index contributed by atoms with van der Waals surface area (Å²) in [6, 6.07) is 0. The number of piperidine rings is 1. The van der Waals surface area contributed by atoms with Crippen LogP contribution in [0.15, 0.2) is 0 Å². The van der Waals surface area contributed by atoms with Gasteiger partial charge in [0.2, 0.25) is 15.9 Å². The van der Waals surface area contributed by atoms with E-state index >= 15 is 0 Å². The maximum Gasteiger partial charge on any atom is 0.224 e. The number of nitrogens with two attached hydrogens (primary N) is 1. The van der Waals surface area contributed by atoms with Crippen molar-refractivity contribution in [3.8, 4) is 0 Å². The molecule has 2 N–H and O–H groups in total. The second-order valence-corrected chi connectivity index (χ2v) is 7.77. The normalized spacial score (nSPS) is 26.4. The first kappa shape index (κ1) is 15.7. The van der Waals surface area contributed by atoms with E-state index in [4.69, 9.17) is 5.14 Å². The smallest absolute Gasteiger partial charge is 0.224 e. The second kappa shape index (κ2) is 6.41. The Bertz CT molecular complexity index is 444. The van der Waals surface area contributed by atoms with Crippen LogP contribution in [0.25, 0.3) is 0 Å². The third-order valence-corrected chi connectivity index (χ3v) is 5.85. The summed E-state index contributed by atoms with van der Waals surface area (Å²) in [5, 5.41) is 4.41. The van der Waals surface area contributed by atoms with Crippen molar-refractivity contribution in [2.75, 3.05) is 32.7 Å². The fourth-order valence-corrected chi connectivity index (χ4v) is 3.86. The topological polar surface area (TPSA) is 83.7 Å². The number of carbonyl (C=O) groups is 1. The Labute approximate surface area is 121 Å². The van der Waals surface area contributed by atoms with E-state index in [-0.39, 0.29) is 18.9 Å². The van der Waals surface area contributed by atoms with Gasteiger partial charge in [-0.25, -0.2) is 13.6 Å². The molecule has 7 heteroatoms. The molecule has 2 aliphatic heterocycles. The van der Waals surface area contributed by atoms with Gasteiger partial charge in [-0.3, -0.25) is 4.79 Å². The molecule has 2 rings (SSSR count). The number of nitrogens with zero attached hydrogens (tertiary/aromatic N) is 2. The number of hydrogen-bond acceptors (Lipinski definition) is 4. The molecular formula is C13H25N3O3S. The van der Waals surface area contributed by atoms with E-state index in [0.717, 1.165) is 26.1 Å². The van der Waals surface area contributed by atoms with Gasteiger partial charge in [0.1, 0.15) is 5.25 Å². The molecule has 0 aromatic heterocycles. The third-order valence-electron chi connectivity index (χ3n) is 4.61. The van der Waals surface area contributed by atoms with E-state index in [9.17, 15) is 13.2 Å². The first-order chi connectivity index (χ1) is 9.40. The number of carbonyl (C=O) groups excluding carboxylic acids is 1. The molecule has 20 heavy (non-hydrogen) atoms. The van der Waals surface area contributed by atoms with Crippen molar-refractivity contribution >= 4 is 15.9 Å². The minimum Gasteiger partial charge on any atom is -0.341 e. The molecular weight excluding hydrogens is 278 g/mol. The van der Waals surface area contributed by atoms with Crippen LogP contribution in [-0.2, 0) is 14.8 Å². The lowest BCUT2D eigenvalue weighted by molar-refractivity contribution is -0.127. The predicted octanol–water partition coefficient (Wildman–Crippen LogP) is -0.00220. The van der Waals surface area contributed by atoms with Crippen LogP contribution < -0.4 is 5.14 Å². The zero-order valence-electron chi connectivity index (χ0n) is 12.1. The van der Waals surface area contributed by atoms with Gasteiger partial charge in [0.25, 0.3) is 0 Å². The maximum absolute atomic E-state index is 11.8. The van der Waals surface area contributed by atoms with E-state index in [2.05, 4.69) is 11.8 Å². The fraction of sp³-hybridized carbons (Fsp3) is 0.923. The highest BCUT2D eigenvalue weighted by atomic mass is 32.2. The van der Waals surface area contributed by atoms with Crippen LogP contribution in [0.2, 0.25) is 0 Å². The highest BCUT2D eigenvalue weighted by Gasteiger charge is 2.36. The number of rotatable bonds is 5. The van der Waals surface area contributed by atoms with Gasteiger partial charge in [-0.05, 0) is 44.8 Å². The summed E-state index contributed by atoms with van der Waals surface area (Å²) in [5.74, 6) is 0.578. The fourth-order valence-electron chi connectivity index (χ4n) is 3.10. The molecule has 2 heterocycles. The monoisotopic (exact) mass is 303 g/mol. The molecule has 0 aromatic carbocycles. The molecule has 1 atom stereocenters. The molecule has 2 saturated heterocycles. The van der Waals surface area contributed by atoms with E-state index < -0.39 is 15.3 Å². The summed E-state index contributed by atoms with van der Waals surface area (Å²) in [7, 11) is -3.59. The van der Waals surface area contributed by atoms with Crippen molar-refractivity contribution in [3.63, 3.8) is 0 Å². The molecule has 6 nitrogen and oxygen atoms in total. The molecule has 2 aliphatic rings. The first-order valence-corrected chi connectivity index (χ1v) is 9.02. The Morgan fingerprint density at radius 3 is 2.45 bits per heavy atom. The molecule has 2 fully saturated rings. The van der Waals surface area contributed by atoms with E-state index in [0.29, 0.717) is 12.5 Å². The summed E-state index contributed by atoms with van der Waals surface area (Å²) in [5.41, 5.74) is 0. The minimum atomic E-state index is -3.59. The molecule has 0 aliphatic carbocycles. The van der Waals surface area contributed by atoms with Crippen molar-refractivity contribution in [1.29, 1.82) is 0 Å². The van der Waals surface area contributed by atoms with Crippen molar-refractivity contribution in [1.82, 2.24) is 9.80 Å². The maximum atomic E-state index is 11.8. The van der Waals surface area contributed by atoms with Crippen molar-refractivity contribution in [2.45, 2.75) is 37.9 Å². The average molecular weight is 303 g/mol. The Balaban J connectivity index is 1.76. The summed E-state index contributed by atoms with van der Waals surface area (Å²) in [6.45, 7) is 6.49. The van der Waals surface area contributed by atoms with E-state index in [1.165, 1.54) is 12.8 Å². The number of likely N-dealkylation sites (tertiary alicyclic amines) is 2. The van der Waals surface area contributed by atoms with Gasteiger partial charge in [-0.15, -0.1) is 0 Å². The van der Waals surface area contributed by atoms with Crippen LogP contribution >= 0.6 is 0 Å². The molecule has 0 bridgehead atoms. The van der Waals surface area contributed by atoms with E-state index in [1.807, 2.05) is 0 Å². The quantitative estimate of drug-likeness (QED) is 0.775. The number of amides is 1. The predicted molar refractivity (Wildman–Crippen MR) is 77.5 cm³/mol. The van der Waals surface area contributed by atoms with Crippen LogP contribution in [0, 0.1) is 5.92 Å². The van der Waals surface area contributed by atoms with Gasteiger partial charge >= 0.3 is 0 Å². The lowest BCUT2D eigenvalue weighted by atomic mass is 9.93. The molecule has 116 valence electrons. The zero-order chi connectivity index (χ0) is 14.8. The molecule has 0 radical (unpaired) electrons. The van der Waals surface area contributed by atoms with Gasteiger partial charge in [0.05, 0.1) is 0 Å². The Hall–Kier alpha value is -0.660. The van der Waals surface area contributed by atoms with Crippen LogP contribution in [0.4, 0.5) is 0 Å². The van der Waals surface area contributed by atoms with Gasteiger partial charge < -0.3 is 9.80 Å². The van der Waals surface area contributed by atoms with Gasteiger partial charge in [-0.1, -0.05) is 6.92 Å². The summed E-state index contributed by atoms with van der Waals surface area (Å²) in [6.07, 6.45) is 3.37. The Morgan fingerprint density at radius 1 is 1.30 bits per heavy atom. The summed E-state index contributed by atoms with van der Waals surface area (Å²) in [4.78, 5) is 15.9. The molecule has 0 aromatic rings. The van der Waals surface area contributed by atoms with Crippen LogP contribution in [0.3, 0.4) is 0 Å². The SMILES string of the molecule is CCN1CCC(CCN2CC(S(N)(=O)=O)CC2=O)CC1. The lowest BCUT2D eigenvalue weighted by Crippen LogP contribution is -2.36. The number of primary sulfonamides is 1. The average Bonchev–Trinajstić information content (AvgIpc) is 2.78.